The van der Waals surface area contributed by atoms with E-state index in [0.29, 0.717) is 29.6 Å². The molecule has 2 aliphatic rings. The van der Waals surface area contributed by atoms with Crippen molar-refractivity contribution in [3.05, 3.63) is 46.6 Å². The van der Waals surface area contributed by atoms with Gasteiger partial charge in [-0.1, -0.05) is 18.5 Å². The van der Waals surface area contributed by atoms with Crippen molar-refractivity contribution in [1.82, 2.24) is 30.1 Å². The second-order valence-electron chi connectivity index (χ2n) is 8.66. The summed E-state index contributed by atoms with van der Waals surface area (Å²) in [5, 5.41) is 17.6. The Hall–Kier alpha value is -3.22. The third-order valence-electron chi connectivity index (χ3n) is 6.21. The predicted octanol–water partition coefficient (Wildman–Crippen LogP) is 4.70. The van der Waals surface area contributed by atoms with Crippen LogP contribution < -0.4 is 5.32 Å². The standard InChI is InChI=1S/C20H18ClF4N7O2/c1-9-3-11-7-19(6-9,17-29-28-10(2)34-17)31(11)18(33)27-14-5-15(32-26-8-16(21)30-32)12(4-13(14)22)20(23,24)25/h4-5,8-9,11H,3,6-7H2,1-2H3,(H,27,33)/t9-,11?,19?/m1/s1. The number of piperidine rings is 1. The number of nitrogens with zero attached hydrogens (tertiary/aromatic N) is 6. The molecular weight excluding hydrogens is 482 g/mol. The zero-order valence-corrected chi connectivity index (χ0v) is 18.7. The molecule has 2 amide bonds. The van der Waals surface area contributed by atoms with Crippen molar-refractivity contribution in [3.8, 4) is 5.69 Å². The molecule has 2 bridgehead atoms. The first-order valence-electron chi connectivity index (χ1n) is 10.4. The molecule has 14 heteroatoms. The van der Waals surface area contributed by atoms with Crippen molar-refractivity contribution in [2.75, 3.05) is 5.32 Å². The minimum atomic E-state index is -4.90. The Bertz CT molecular complexity index is 1280. The summed E-state index contributed by atoms with van der Waals surface area (Å²) in [4.78, 5) is 15.4. The molecule has 3 heterocycles. The Labute approximate surface area is 195 Å². The Morgan fingerprint density at radius 3 is 2.68 bits per heavy atom. The number of hydrogen-bond donors (Lipinski definition) is 1. The number of amides is 2. The van der Waals surface area contributed by atoms with Crippen LogP contribution in [0.15, 0.2) is 22.7 Å². The van der Waals surface area contributed by atoms with Gasteiger partial charge < -0.3 is 14.6 Å². The maximum Gasteiger partial charge on any atom is 0.418 e. The Balaban J connectivity index is 1.50. The summed E-state index contributed by atoms with van der Waals surface area (Å²) >= 11 is 5.70. The van der Waals surface area contributed by atoms with Gasteiger partial charge in [0.2, 0.25) is 11.8 Å². The summed E-state index contributed by atoms with van der Waals surface area (Å²) in [6.45, 7) is 3.68. The maximum atomic E-state index is 14.8. The van der Waals surface area contributed by atoms with Gasteiger partial charge in [-0.25, -0.2) is 9.18 Å². The van der Waals surface area contributed by atoms with Crippen molar-refractivity contribution in [2.45, 2.75) is 50.9 Å². The number of aromatic nitrogens is 5. The van der Waals surface area contributed by atoms with Gasteiger partial charge in [-0.2, -0.15) is 18.3 Å². The third-order valence-corrected chi connectivity index (χ3v) is 6.39. The molecule has 1 aromatic carbocycles. The van der Waals surface area contributed by atoms with Gasteiger partial charge >= 0.3 is 12.2 Å². The van der Waals surface area contributed by atoms with Crippen LogP contribution in [0.4, 0.5) is 28.0 Å². The van der Waals surface area contributed by atoms with Crippen LogP contribution in [0.1, 0.15) is 43.5 Å². The zero-order valence-electron chi connectivity index (χ0n) is 17.9. The van der Waals surface area contributed by atoms with E-state index in [1.807, 2.05) is 6.92 Å². The molecule has 2 aromatic heterocycles. The summed E-state index contributed by atoms with van der Waals surface area (Å²) < 4.78 is 61.0. The van der Waals surface area contributed by atoms with Crippen molar-refractivity contribution >= 4 is 23.3 Å². The number of aryl methyl sites for hydroxylation is 1. The summed E-state index contributed by atoms with van der Waals surface area (Å²) in [5.74, 6) is -0.355. The lowest BCUT2D eigenvalue weighted by Gasteiger charge is -2.61. The Morgan fingerprint density at radius 1 is 1.29 bits per heavy atom. The van der Waals surface area contributed by atoms with Crippen molar-refractivity contribution in [3.63, 3.8) is 0 Å². The predicted molar refractivity (Wildman–Crippen MR) is 110 cm³/mol. The topological polar surface area (TPSA) is 102 Å². The van der Waals surface area contributed by atoms with E-state index in [-0.39, 0.29) is 23.0 Å². The molecule has 0 radical (unpaired) electrons. The average molecular weight is 500 g/mol. The summed E-state index contributed by atoms with van der Waals surface area (Å²) in [5.41, 5.74) is -3.22. The first-order valence-corrected chi connectivity index (χ1v) is 10.8. The van der Waals surface area contributed by atoms with Gasteiger partial charge in [-0.3, -0.25) is 0 Å². The number of rotatable bonds is 3. The van der Waals surface area contributed by atoms with Gasteiger partial charge in [0.25, 0.3) is 0 Å². The van der Waals surface area contributed by atoms with E-state index in [4.69, 9.17) is 16.0 Å². The van der Waals surface area contributed by atoms with Crippen LogP contribution in [-0.2, 0) is 11.7 Å². The van der Waals surface area contributed by atoms with Gasteiger partial charge in [0.05, 0.1) is 17.4 Å². The molecule has 34 heavy (non-hydrogen) atoms. The number of hydrogen-bond acceptors (Lipinski definition) is 6. The first kappa shape index (κ1) is 22.6. The van der Waals surface area contributed by atoms with Crippen LogP contribution in [0.25, 0.3) is 5.69 Å². The highest BCUT2D eigenvalue weighted by atomic mass is 35.5. The molecule has 3 aromatic rings. The second kappa shape index (κ2) is 7.65. The molecule has 180 valence electrons. The fourth-order valence-corrected chi connectivity index (χ4v) is 5.13. The molecular formula is C20H18ClF4N7O2. The number of likely N-dealkylation sites (tertiary alicyclic amines) is 1. The van der Waals surface area contributed by atoms with Crippen LogP contribution in [0.5, 0.6) is 0 Å². The molecule has 1 aliphatic heterocycles. The summed E-state index contributed by atoms with van der Waals surface area (Å²) in [6.07, 6.45) is -1.97. The number of benzene rings is 1. The quantitative estimate of drug-likeness (QED) is 0.524. The van der Waals surface area contributed by atoms with E-state index in [2.05, 4.69) is 25.7 Å². The molecule has 1 saturated heterocycles. The maximum absolute atomic E-state index is 14.8. The monoisotopic (exact) mass is 499 g/mol. The number of alkyl halides is 3. The minimum absolute atomic E-state index is 0.151. The average Bonchev–Trinajstić information content (AvgIpc) is 3.36. The molecule has 2 fully saturated rings. The smallest absolute Gasteiger partial charge is 0.418 e. The Morgan fingerprint density at radius 2 is 2.06 bits per heavy atom. The number of urea groups is 1. The molecule has 5 rings (SSSR count). The largest absolute Gasteiger partial charge is 0.423 e. The van der Waals surface area contributed by atoms with Gasteiger partial charge in [0, 0.05) is 19.4 Å². The zero-order chi connectivity index (χ0) is 24.4. The number of halogens is 5. The fraction of sp³-hybridized carbons (Fsp3) is 0.450. The number of anilines is 1. The summed E-state index contributed by atoms with van der Waals surface area (Å²) in [6, 6.07) is 0.279. The van der Waals surface area contributed by atoms with Crippen LogP contribution in [0.2, 0.25) is 5.15 Å². The number of carbonyl (C=O) groups is 1. The van der Waals surface area contributed by atoms with Gasteiger partial charge in [0.15, 0.2) is 5.15 Å². The number of carbonyl (C=O) groups excluding carboxylic acids is 1. The van der Waals surface area contributed by atoms with Gasteiger partial charge in [0.1, 0.15) is 17.0 Å². The molecule has 3 atom stereocenters. The van der Waals surface area contributed by atoms with E-state index in [1.54, 1.807) is 6.92 Å². The lowest BCUT2D eigenvalue weighted by atomic mass is 9.64. The molecule has 0 spiro atoms. The van der Waals surface area contributed by atoms with Crippen LogP contribution in [0, 0.1) is 18.7 Å². The molecule has 2 unspecified atom stereocenters. The van der Waals surface area contributed by atoms with Crippen LogP contribution in [0.3, 0.4) is 0 Å². The van der Waals surface area contributed by atoms with E-state index in [9.17, 15) is 22.4 Å². The third kappa shape index (κ3) is 3.58. The molecule has 9 nitrogen and oxygen atoms in total. The van der Waals surface area contributed by atoms with Crippen LogP contribution in [-0.4, -0.2) is 42.2 Å². The number of fused-ring (bicyclic) bond motifs is 2. The van der Waals surface area contributed by atoms with Gasteiger partial charge in [-0.15, -0.1) is 20.1 Å². The van der Waals surface area contributed by atoms with E-state index < -0.39 is 40.5 Å². The Kier molecular flexibility index (Phi) is 5.08. The van der Waals surface area contributed by atoms with Gasteiger partial charge in [-0.05, 0) is 30.9 Å². The lowest BCUT2D eigenvalue weighted by Crippen LogP contribution is -2.70. The van der Waals surface area contributed by atoms with E-state index in [1.165, 1.54) is 4.90 Å². The van der Waals surface area contributed by atoms with E-state index in [0.717, 1.165) is 18.7 Å². The molecule has 1 saturated carbocycles. The lowest BCUT2D eigenvalue weighted by molar-refractivity contribution is -0.137. The van der Waals surface area contributed by atoms with Crippen LogP contribution >= 0.6 is 11.6 Å². The minimum Gasteiger partial charge on any atom is -0.423 e. The normalized spacial score (nSPS) is 24.1. The molecule has 1 aliphatic carbocycles. The van der Waals surface area contributed by atoms with Crippen molar-refractivity contribution < 1.29 is 26.8 Å². The second-order valence-corrected chi connectivity index (χ2v) is 9.05. The van der Waals surface area contributed by atoms with Crippen molar-refractivity contribution in [1.29, 1.82) is 0 Å². The van der Waals surface area contributed by atoms with Crippen molar-refractivity contribution in [2.24, 2.45) is 5.92 Å². The van der Waals surface area contributed by atoms with E-state index >= 15 is 0 Å². The highest BCUT2D eigenvalue weighted by Gasteiger charge is 2.62. The molecule has 1 N–H and O–H groups in total. The first-order chi connectivity index (χ1) is 16.0. The summed E-state index contributed by atoms with van der Waals surface area (Å²) in [7, 11) is 0. The fourth-order valence-electron chi connectivity index (χ4n) is 5.02. The highest BCUT2D eigenvalue weighted by Crippen LogP contribution is 2.55. The highest BCUT2D eigenvalue weighted by molar-refractivity contribution is 6.29. The SMILES string of the molecule is Cc1nnc(C23CC(C[C@@H](C)C2)N3C(=O)Nc2cc(-n3ncc(Cl)n3)c(C(F)(F)F)cc2F)o1. The number of nitrogens with one attached hydrogen (secondary N) is 1.